The van der Waals surface area contributed by atoms with Gasteiger partial charge in [0.2, 0.25) is 0 Å². The number of methoxy groups -OCH3 is 1. The highest BCUT2D eigenvalue weighted by Gasteiger charge is 2.31. The van der Waals surface area contributed by atoms with Gasteiger partial charge in [0.1, 0.15) is 0 Å². The third-order valence-corrected chi connectivity index (χ3v) is 9.86. The van der Waals surface area contributed by atoms with Gasteiger partial charge in [-0.3, -0.25) is 4.79 Å². The first-order chi connectivity index (χ1) is 17.7. The first-order valence-corrected chi connectivity index (χ1v) is 15.7. The summed E-state index contributed by atoms with van der Waals surface area (Å²) in [6, 6.07) is 13.2. The highest BCUT2D eigenvalue weighted by molar-refractivity contribution is 7.91. The number of carbonyl (C=O) groups is 1. The van der Waals surface area contributed by atoms with E-state index in [1.165, 1.54) is 29.4 Å². The predicted octanol–water partition coefficient (Wildman–Crippen LogP) is 6.27. The quantitative estimate of drug-likeness (QED) is 0.301. The van der Waals surface area contributed by atoms with Crippen molar-refractivity contribution in [2.24, 2.45) is 5.41 Å². The van der Waals surface area contributed by atoms with Crippen LogP contribution in [0, 0.1) is 19.3 Å². The van der Waals surface area contributed by atoms with Crippen LogP contribution in [0.15, 0.2) is 36.4 Å². The Labute approximate surface area is 230 Å². The van der Waals surface area contributed by atoms with Crippen LogP contribution in [0.4, 0.5) is 0 Å². The normalized spacial score (nSPS) is 13.4. The Bertz CT molecular complexity index is 1190. The number of aryl methyl sites for hydroxylation is 4. The van der Waals surface area contributed by atoms with Crippen molar-refractivity contribution < 1.29 is 23.1 Å². The van der Waals surface area contributed by atoms with Crippen LogP contribution in [0.2, 0.25) is 0 Å². The Kier molecular flexibility index (Phi) is 11.2. The summed E-state index contributed by atoms with van der Waals surface area (Å²) in [5.74, 6) is -0.673. The minimum absolute atomic E-state index is 0.0153. The van der Waals surface area contributed by atoms with Crippen LogP contribution in [0.3, 0.4) is 0 Å². The van der Waals surface area contributed by atoms with E-state index < -0.39 is 15.8 Å². The van der Waals surface area contributed by atoms with Crippen molar-refractivity contribution >= 4 is 15.8 Å². The van der Waals surface area contributed by atoms with Crippen LogP contribution in [-0.2, 0) is 37.6 Å². The van der Waals surface area contributed by atoms with Crippen molar-refractivity contribution in [3.05, 3.63) is 69.8 Å². The number of esters is 1. The summed E-state index contributed by atoms with van der Waals surface area (Å²) in [6.45, 7) is 14.9. The van der Waals surface area contributed by atoms with Crippen molar-refractivity contribution in [3.63, 3.8) is 0 Å². The molecule has 0 aromatic heterocycles. The van der Waals surface area contributed by atoms with Crippen LogP contribution in [0.25, 0.3) is 0 Å². The highest BCUT2D eigenvalue weighted by Crippen LogP contribution is 2.40. The van der Waals surface area contributed by atoms with Gasteiger partial charge in [0.05, 0.1) is 31.1 Å². The van der Waals surface area contributed by atoms with Gasteiger partial charge in [-0.05, 0) is 84.7 Å². The second-order valence-electron chi connectivity index (χ2n) is 11.7. The molecule has 38 heavy (non-hydrogen) atoms. The van der Waals surface area contributed by atoms with E-state index in [1.807, 2.05) is 6.92 Å². The predicted molar refractivity (Wildman–Crippen MR) is 156 cm³/mol. The minimum atomic E-state index is -3.34. The second-order valence-corrected chi connectivity index (χ2v) is 14.0. The lowest BCUT2D eigenvalue weighted by molar-refractivity contribution is -0.140. The lowest BCUT2D eigenvalue weighted by Crippen LogP contribution is -2.27. The molecule has 6 heteroatoms. The third kappa shape index (κ3) is 8.16. The van der Waals surface area contributed by atoms with Crippen molar-refractivity contribution in [2.45, 2.75) is 98.5 Å². The Balaban J connectivity index is 2.25. The zero-order chi connectivity index (χ0) is 28.7. The van der Waals surface area contributed by atoms with Gasteiger partial charge in [0, 0.05) is 5.41 Å². The molecule has 2 aromatic carbocycles. The molecule has 0 bridgehead atoms. The maximum absolute atomic E-state index is 12.4. The van der Waals surface area contributed by atoms with Gasteiger partial charge in [-0.1, -0.05) is 71.0 Å². The Hall–Kier alpha value is -2.18. The van der Waals surface area contributed by atoms with Gasteiger partial charge in [-0.2, -0.15) is 0 Å². The Morgan fingerprint density at radius 1 is 0.895 bits per heavy atom. The highest BCUT2D eigenvalue weighted by atomic mass is 32.2. The van der Waals surface area contributed by atoms with Gasteiger partial charge >= 0.3 is 5.97 Å². The molecule has 1 N–H and O–H groups in total. The van der Waals surface area contributed by atoms with Gasteiger partial charge < -0.3 is 9.84 Å². The summed E-state index contributed by atoms with van der Waals surface area (Å²) in [5, 5.41) is 10.5. The van der Waals surface area contributed by atoms with E-state index in [9.17, 15) is 18.3 Å². The first kappa shape index (κ1) is 32.0. The van der Waals surface area contributed by atoms with Crippen molar-refractivity contribution in [2.75, 3.05) is 18.6 Å². The molecule has 0 aliphatic carbocycles. The molecule has 1 atom stereocenters. The first-order valence-electron chi connectivity index (χ1n) is 13.8. The third-order valence-electron chi connectivity index (χ3n) is 8.21. The molecule has 0 aliphatic rings. The molecule has 0 spiro atoms. The van der Waals surface area contributed by atoms with E-state index in [4.69, 9.17) is 0 Å². The van der Waals surface area contributed by atoms with Gasteiger partial charge in [0.25, 0.3) is 0 Å². The van der Waals surface area contributed by atoms with Crippen molar-refractivity contribution in [1.29, 1.82) is 0 Å². The van der Waals surface area contributed by atoms with E-state index in [-0.39, 0.29) is 34.9 Å². The molecule has 2 rings (SSSR count). The summed E-state index contributed by atoms with van der Waals surface area (Å²) in [6.07, 6.45) is 3.48. The summed E-state index contributed by atoms with van der Waals surface area (Å²) in [5.41, 5.74) is 6.90. The lowest BCUT2D eigenvalue weighted by atomic mass is 9.69. The summed E-state index contributed by atoms with van der Waals surface area (Å²) in [7, 11) is -2.07. The number of aliphatic hydroxyl groups is 1. The van der Waals surface area contributed by atoms with Crippen molar-refractivity contribution in [3.8, 4) is 0 Å². The molecule has 0 fully saturated rings. The minimum Gasteiger partial charge on any atom is -0.469 e. The fraction of sp³-hybridized carbons (Fsp3) is 0.594. The number of hydrogen-bond donors (Lipinski definition) is 1. The van der Waals surface area contributed by atoms with Crippen LogP contribution < -0.4 is 0 Å². The molecule has 0 saturated carbocycles. The van der Waals surface area contributed by atoms with E-state index >= 15 is 0 Å². The van der Waals surface area contributed by atoms with Crippen LogP contribution in [0.1, 0.15) is 93.7 Å². The summed E-state index contributed by atoms with van der Waals surface area (Å²) in [4.78, 5) is 11.3. The monoisotopic (exact) mass is 544 g/mol. The molecule has 5 nitrogen and oxygen atoms in total. The average Bonchev–Trinajstić information content (AvgIpc) is 2.86. The van der Waals surface area contributed by atoms with E-state index in [0.717, 1.165) is 36.8 Å². The van der Waals surface area contributed by atoms with Gasteiger partial charge in [-0.25, -0.2) is 8.42 Å². The fourth-order valence-corrected chi connectivity index (χ4v) is 6.43. The Morgan fingerprint density at radius 3 is 1.82 bits per heavy atom. The SMILES string of the molecule is CCC(CC)(c1ccc(CCC(O)C(C)(C)C)c(C)c1)c1ccc(CCS(=O)(=O)CCC(=O)OC)c(C)c1. The molecule has 2 aromatic rings. The van der Waals surface area contributed by atoms with Gasteiger partial charge in [0.15, 0.2) is 9.84 Å². The lowest BCUT2D eigenvalue weighted by Gasteiger charge is -2.34. The smallest absolute Gasteiger partial charge is 0.306 e. The second kappa shape index (κ2) is 13.3. The number of aliphatic hydroxyl groups excluding tert-OH is 1. The molecule has 0 amide bonds. The number of ether oxygens (including phenoxy) is 1. The number of rotatable bonds is 13. The largest absolute Gasteiger partial charge is 0.469 e. The standard InChI is InChI=1S/C32H48O5S/c1-9-32(10-2,27-14-11-25(23(3)21-27)13-16-29(33)31(5,6)7)28-15-12-26(24(4)22-28)17-19-38(35,36)20-18-30(34)37-8/h11-12,14-15,21-22,29,33H,9-10,13,16-20H2,1-8H3. The zero-order valence-corrected chi connectivity index (χ0v) is 25.5. The average molecular weight is 545 g/mol. The molecular weight excluding hydrogens is 496 g/mol. The van der Waals surface area contributed by atoms with Gasteiger partial charge in [-0.15, -0.1) is 0 Å². The molecule has 212 valence electrons. The van der Waals surface area contributed by atoms with Crippen molar-refractivity contribution in [1.82, 2.24) is 0 Å². The number of hydrogen-bond acceptors (Lipinski definition) is 5. The van der Waals surface area contributed by atoms with E-state index in [1.54, 1.807) is 0 Å². The summed E-state index contributed by atoms with van der Waals surface area (Å²) >= 11 is 0. The number of sulfone groups is 1. The maximum Gasteiger partial charge on any atom is 0.306 e. The van der Waals surface area contributed by atoms with Crippen LogP contribution in [0.5, 0.6) is 0 Å². The molecule has 0 aliphatic heterocycles. The number of benzene rings is 2. The molecule has 0 radical (unpaired) electrons. The maximum atomic E-state index is 12.4. The summed E-state index contributed by atoms with van der Waals surface area (Å²) < 4.78 is 29.4. The zero-order valence-electron chi connectivity index (χ0n) is 24.7. The number of carbonyl (C=O) groups excluding carboxylic acids is 1. The molecular formula is C32H48O5S. The molecule has 0 saturated heterocycles. The topological polar surface area (TPSA) is 80.7 Å². The van der Waals surface area contributed by atoms with E-state index in [0.29, 0.717) is 6.42 Å². The van der Waals surface area contributed by atoms with E-state index in [2.05, 4.69) is 82.7 Å². The molecule has 1 unspecified atom stereocenters. The van der Waals surface area contributed by atoms with Crippen LogP contribution >= 0.6 is 0 Å². The Morgan fingerprint density at radius 2 is 1.39 bits per heavy atom. The fourth-order valence-electron chi connectivity index (χ4n) is 5.21. The van der Waals surface area contributed by atoms with Crippen LogP contribution in [-0.4, -0.2) is 44.2 Å². The molecule has 0 heterocycles.